The number of fused-ring (bicyclic) bond motifs is 3. The van der Waals surface area contributed by atoms with Gasteiger partial charge in [-0.1, -0.05) is 17.7 Å². The number of rotatable bonds is 6. The van der Waals surface area contributed by atoms with Gasteiger partial charge in [-0.05, 0) is 62.4 Å². The van der Waals surface area contributed by atoms with E-state index in [2.05, 4.69) is 10.6 Å². The summed E-state index contributed by atoms with van der Waals surface area (Å²) < 4.78 is 32.3. The van der Waals surface area contributed by atoms with E-state index in [1.54, 1.807) is 0 Å². The molecule has 3 aliphatic rings. The molecule has 0 aromatic heterocycles. The number of ether oxygens (including phenoxy) is 1. The number of hydrogen-bond donors (Lipinski definition) is 3. The molecule has 3 aliphatic carbocycles. The van der Waals surface area contributed by atoms with E-state index < -0.39 is 34.7 Å². The molecule has 0 saturated heterocycles. The minimum absolute atomic E-state index is 0.0351. The van der Waals surface area contributed by atoms with E-state index in [9.17, 15) is 23.5 Å². The Labute approximate surface area is 188 Å². The van der Waals surface area contributed by atoms with Gasteiger partial charge in [0.1, 0.15) is 17.4 Å². The highest BCUT2D eigenvalue weighted by Crippen LogP contribution is 2.47. The number of aliphatic hydroxyl groups is 1. The molecule has 3 fully saturated rings. The van der Waals surface area contributed by atoms with Crippen molar-refractivity contribution in [1.29, 1.82) is 0 Å². The molecule has 2 aromatic carbocycles. The molecular weight excluding hydrogens is 442 g/mol. The van der Waals surface area contributed by atoms with Crippen LogP contribution < -0.4 is 15.4 Å². The lowest BCUT2D eigenvalue weighted by molar-refractivity contribution is -0.129. The van der Waals surface area contributed by atoms with Gasteiger partial charge >= 0.3 is 0 Å². The molecule has 0 heterocycles. The SMILES string of the molecule is O=C(COc1ccc(Cl)c(F)c1)NC12CCC(NC(=O)c3cccc(F)c3)(CC1)[C@H](O)C2. The van der Waals surface area contributed by atoms with Crippen molar-refractivity contribution in [3.8, 4) is 5.75 Å². The highest BCUT2D eigenvalue weighted by atomic mass is 35.5. The molecule has 32 heavy (non-hydrogen) atoms. The topological polar surface area (TPSA) is 87.7 Å². The number of hydrogen-bond acceptors (Lipinski definition) is 4. The normalized spacial score (nSPS) is 26.4. The summed E-state index contributed by atoms with van der Waals surface area (Å²) in [6.07, 6.45) is 1.48. The van der Waals surface area contributed by atoms with E-state index in [4.69, 9.17) is 16.3 Å². The van der Waals surface area contributed by atoms with Gasteiger partial charge in [0.15, 0.2) is 6.61 Å². The maximum Gasteiger partial charge on any atom is 0.258 e. The Kier molecular flexibility index (Phi) is 6.09. The zero-order valence-corrected chi connectivity index (χ0v) is 17.9. The molecule has 5 rings (SSSR count). The van der Waals surface area contributed by atoms with Gasteiger partial charge in [0.05, 0.1) is 16.7 Å². The summed E-state index contributed by atoms with van der Waals surface area (Å²) in [4.78, 5) is 25.1. The van der Waals surface area contributed by atoms with Gasteiger partial charge in [0.25, 0.3) is 11.8 Å². The second-order valence-electron chi connectivity index (χ2n) is 8.53. The van der Waals surface area contributed by atoms with E-state index in [1.807, 2.05) is 0 Å². The summed E-state index contributed by atoms with van der Waals surface area (Å²) in [7, 11) is 0. The average molecular weight is 465 g/mol. The largest absolute Gasteiger partial charge is 0.484 e. The van der Waals surface area contributed by atoms with E-state index in [0.29, 0.717) is 25.7 Å². The number of carbonyl (C=O) groups excluding carboxylic acids is 2. The number of carbonyl (C=O) groups is 2. The van der Waals surface area contributed by atoms with Gasteiger partial charge in [-0.25, -0.2) is 8.78 Å². The van der Waals surface area contributed by atoms with Crippen molar-refractivity contribution < 1.29 is 28.2 Å². The summed E-state index contributed by atoms with van der Waals surface area (Å²) in [5.41, 5.74) is -1.22. The van der Waals surface area contributed by atoms with Gasteiger partial charge in [0, 0.05) is 17.2 Å². The first-order valence-corrected chi connectivity index (χ1v) is 10.7. The summed E-state index contributed by atoms with van der Waals surface area (Å²) in [6.45, 7) is -0.305. The lowest BCUT2D eigenvalue weighted by atomic mass is 9.60. The Hall–Kier alpha value is -2.71. The lowest BCUT2D eigenvalue weighted by Crippen LogP contribution is -2.70. The smallest absolute Gasteiger partial charge is 0.258 e. The van der Waals surface area contributed by atoms with Gasteiger partial charge in [-0.2, -0.15) is 0 Å². The fraction of sp³-hybridized carbons (Fsp3) is 0.391. The summed E-state index contributed by atoms with van der Waals surface area (Å²) >= 11 is 5.64. The predicted octanol–water partition coefficient (Wildman–Crippen LogP) is 3.36. The zero-order chi connectivity index (χ0) is 22.9. The highest BCUT2D eigenvalue weighted by molar-refractivity contribution is 6.30. The fourth-order valence-electron chi connectivity index (χ4n) is 4.64. The quantitative estimate of drug-likeness (QED) is 0.611. The Morgan fingerprint density at radius 3 is 2.50 bits per heavy atom. The molecule has 0 aliphatic heterocycles. The van der Waals surface area contributed by atoms with Crippen LogP contribution in [0, 0.1) is 11.6 Å². The first-order chi connectivity index (χ1) is 15.2. The van der Waals surface area contributed by atoms with Gasteiger partial charge in [-0.3, -0.25) is 9.59 Å². The van der Waals surface area contributed by atoms with Crippen molar-refractivity contribution in [2.75, 3.05) is 6.61 Å². The van der Waals surface area contributed by atoms with E-state index in [0.717, 1.165) is 12.1 Å². The molecule has 0 unspecified atom stereocenters. The standard InChI is InChI=1S/C23H23ClF2N2O4/c24-17-5-4-16(11-18(17)26)32-13-20(30)27-22-6-8-23(9-7-22,19(29)12-22)28-21(31)14-2-1-3-15(25)10-14/h1-5,10-11,19,29H,6-9,12-13H2,(H,27,30)(H,28,31)/t19-,22?,23?/m1/s1. The van der Waals surface area contributed by atoms with E-state index in [-0.39, 0.29) is 35.3 Å². The monoisotopic (exact) mass is 464 g/mol. The molecule has 170 valence electrons. The minimum Gasteiger partial charge on any atom is -0.484 e. The van der Waals surface area contributed by atoms with Crippen LogP contribution in [0.15, 0.2) is 42.5 Å². The Morgan fingerprint density at radius 1 is 1.09 bits per heavy atom. The van der Waals surface area contributed by atoms with Gasteiger partial charge in [0.2, 0.25) is 0 Å². The third-order valence-electron chi connectivity index (χ3n) is 6.44. The summed E-state index contributed by atoms with van der Waals surface area (Å²) in [5.74, 6) is -1.78. The number of amides is 2. The van der Waals surface area contributed by atoms with Crippen LogP contribution in [-0.2, 0) is 4.79 Å². The van der Waals surface area contributed by atoms with Crippen LogP contribution in [0.5, 0.6) is 5.75 Å². The van der Waals surface area contributed by atoms with Crippen molar-refractivity contribution >= 4 is 23.4 Å². The maximum atomic E-state index is 13.5. The maximum absolute atomic E-state index is 13.5. The van der Waals surface area contributed by atoms with Gasteiger partial charge < -0.3 is 20.5 Å². The van der Waals surface area contributed by atoms with Crippen molar-refractivity contribution in [3.63, 3.8) is 0 Å². The van der Waals surface area contributed by atoms with Crippen molar-refractivity contribution in [2.24, 2.45) is 0 Å². The first kappa shape index (κ1) is 22.5. The van der Waals surface area contributed by atoms with Crippen LogP contribution in [0.2, 0.25) is 5.02 Å². The van der Waals surface area contributed by atoms with Crippen LogP contribution in [0.25, 0.3) is 0 Å². The summed E-state index contributed by atoms with van der Waals surface area (Å²) in [5, 5.41) is 16.6. The molecular formula is C23H23ClF2N2O4. The minimum atomic E-state index is -0.867. The molecule has 3 N–H and O–H groups in total. The average Bonchev–Trinajstić information content (AvgIpc) is 2.76. The molecule has 2 aromatic rings. The van der Waals surface area contributed by atoms with Crippen LogP contribution in [0.3, 0.4) is 0 Å². The van der Waals surface area contributed by atoms with Crippen molar-refractivity contribution in [3.05, 3.63) is 64.7 Å². The second kappa shape index (κ2) is 8.67. The third kappa shape index (κ3) is 4.56. The zero-order valence-electron chi connectivity index (χ0n) is 17.2. The second-order valence-corrected chi connectivity index (χ2v) is 8.94. The molecule has 1 atom stereocenters. The van der Waals surface area contributed by atoms with Crippen LogP contribution in [-0.4, -0.2) is 40.7 Å². The molecule has 2 bridgehead atoms. The molecule has 0 spiro atoms. The molecule has 0 radical (unpaired) electrons. The van der Waals surface area contributed by atoms with Crippen LogP contribution in [0.1, 0.15) is 42.5 Å². The lowest BCUT2D eigenvalue weighted by Gasteiger charge is -2.56. The molecule has 3 saturated carbocycles. The van der Waals surface area contributed by atoms with Crippen molar-refractivity contribution in [1.82, 2.24) is 10.6 Å². The van der Waals surface area contributed by atoms with E-state index >= 15 is 0 Å². The van der Waals surface area contributed by atoms with Crippen LogP contribution in [0.4, 0.5) is 8.78 Å². The van der Waals surface area contributed by atoms with Gasteiger partial charge in [-0.15, -0.1) is 0 Å². The number of benzene rings is 2. The molecule has 6 nitrogen and oxygen atoms in total. The number of aliphatic hydroxyl groups excluding tert-OH is 1. The number of halogens is 3. The molecule has 9 heteroatoms. The van der Waals surface area contributed by atoms with Crippen LogP contribution >= 0.6 is 11.6 Å². The predicted molar refractivity (Wildman–Crippen MR) is 113 cm³/mol. The molecule has 2 amide bonds. The third-order valence-corrected chi connectivity index (χ3v) is 6.74. The summed E-state index contributed by atoms with van der Waals surface area (Å²) in [6, 6.07) is 9.31. The van der Waals surface area contributed by atoms with E-state index in [1.165, 1.54) is 30.3 Å². The number of nitrogens with one attached hydrogen (secondary N) is 2. The fourth-order valence-corrected chi connectivity index (χ4v) is 4.75. The highest BCUT2D eigenvalue weighted by Gasteiger charge is 2.55. The Balaban J connectivity index is 1.35. The first-order valence-electron chi connectivity index (χ1n) is 10.4. The Bertz CT molecular complexity index is 1040. The van der Waals surface area contributed by atoms with Crippen molar-refractivity contribution in [2.45, 2.75) is 49.3 Å². The Morgan fingerprint density at radius 2 is 1.84 bits per heavy atom.